The summed E-state index contributed by atoms with van der Waals surface area (Å²) in [6.45, 7) is -0.286. The summed E-state index contributed by atoms with van der Waals surface area (Å²) in [6.07, 6.45) is 0. The highest BCUT2D eigenvalue weighted by molar-refractivity contribution is 7.13. The number of nitrogens with zero attached hydrogens (tertiary/aromatic N) is 1. The van der Waals surface area contributed by atoms with Gasteiger partial charge in [-0.3, -0.25) is 0 Å². The zero-order valence-corrected chi connectivity index (χ0v) is 9.86. The van der Waals surface area contributed by atoms with Crippen LogP contribution < -0.4 is 4.74 Å². The van der Waals surface area contributed by atoms with E-state index in [0.29, 0.717) is 4.88 Å². The molecule has 0 radical (unpaired) electrons. The molecule has 0 amide bonds. The molecule has 1 N–H and O–H groups in total. The zero-order chi connectivity index (χ0) is 12.4. The lowest BCUT2D eigenvalue weighted by Crippen LogP contribution is -1.88. The van der Waals surface area contributed by atoms with Crippen molar-refractivity contribution in [1.82, 2.24) is 4.98 Å². The molecule has 1 heterocycles. The van der Waals surface area contributed by atoms with Crippen LogP contribution in [0.4, 0.5) is 8.78 Å². The number of ether oxygens (including phenoxy) is 1. The standard InChI is InChI=1S/C10H6ClF2NO2S/c11-9-8(4-15)17-10(14-9)16-7-3-5(12)1-2-6(7)13/h1-3,15H,4H2. The zero-order valence-electron chi connectivity index (χ0n) is 8.28. The van der Waals surface area contributed by atoms with Crippen LogP contribution in [-0.4, -0.2) is 10.1 Å². The molecule has 0 saturated carbocycles. The van der Waals surface area contributed by atoms with Crippen LogP contribution in [0.1, 0.15) is 4.88 Å². The van der Waals surface area contributed by atoms with E-state index in [4.69, 9.17) is 21.4 Å². The van der Waals surface area contributed by atoms with E-state index in [1.165, 1.54) is 0 Å². The molecule has 0 unspecified atom stereocenters. The fraction of sp³-hybridized carbons (Fsp3) is 0.100. The summed E-state index contributed by atoms with van der Waals surface area (Å²) < 4.78 is 31.2. The van der Waals surface area contributed by atoms with Crippen molar-refractivity contribution in [3.63, 3.8) is 0 Å². The number of halogens is 3. The van der Waals surface area contributed by atoms with Crippen LogP contribution in [0.5, 0.6) is 10.9 Å². The van der Waals surface area contributed by atoms with Gasteiger partial charge in [0.2, 0.25) is 0 Å². The van der Waals surface area contributed by atoms with Gasteiger partial charge in [-0.15, -0.1) is 0 Å². The first-order valence-electron chi connectivity index (χ1n) is 4.49. The Morgan fingerprint density at radius 2 is 2.18 bits per heavy atom. The van der Waals surface area contributed by atoms with Gasteiger partial charge in [-0.25, -0.2) is 8.78 Å². The first kappa shape index (κ1) is 12.2. The first-order chi connectivity index (χ1) is 8.10. The van der Waals surface area contributed by atoms with Gasteiger partial charge in [0.25, 0.3) is 5.19 Å². The van der Waals surface area contributed by atoms with Crippen molar-refractivity contribution >= 4 is 22.9 Å². The molecule has 7 heteroatoms. The van der Waals surface area contributed by atoms with Crippen LogP contribution in [0.15, 0.2) is 18.2 Å². The highest BCUT2D eigenvalue weighted by atomic mass is 35.5. The maximum atomic E-state index is 13.2. The predicted molar refractivity (Wildman–Crippen MR) is 59.5 cm³/mol. The monoisotopic (exact) mass is 277 g/mol. The van der Waals surface area contributed by atoms with Crippen LogP contribution in [0.3, 0.4) is 0 Å². The van der Waals surface area contributed by atoms with E-state index in [1.54, 1.807) is 0 Å². The normalized spacial score (nSPS) is 10.6. The lowest BCUT2D eigenvalue weighted by molar-refractivity contribution is 0.285. The van der Waals surface area contributed by atoms with Gasteiger partial charge < -0.3 is 9.84 Å². The molecule has 1 aromatic heterocycles. The number of hydrogen-bond donors (Lipinski definition) is 1. The topological polar surface area (TPSA) is 42.4 Å². The largest absolute Gasteiger partial charge is 0.428 e. The lowest BCUT2D eigenvalue weighted by Gasteiger charge is -2.02. The van der Waals surface area contributed by atoms with Crippen LogP contribution in [0.2, 0.25) is 5.15 Å². The SMILES string of the molecule is OCc1sc(Oc2cc(F)ccc2F)nc1Cl. The number of aliphatic hydroxyl groups excluding tert-OH is 1. The summed E-state index contributed by atoms with van der Waals surface area (Å²) in [5, 5.41) is 9.03. The van der Waals surface area contributed by atoms with E-state index < -0.39 is 11.6 Å². The summed E-state index contributed by atoms with van der Waals surface area (Å²) in [5.74, 6) is -1.60. The average Bonchev–Trinajstić information content (AvgIpc) is 2.64. The summed E-state index contributed by atoms with van der Waals surface area (Å²) in [6, 6.07) is 2.84. The van der Waals surface area contributed by atoms with Crippen LogP contribution in [0, 0.1) is 11.6 Å². The highest BCUT2D eigenvalue weighted by Gasteiger charge is 2.12. The number of hydrogen-bond acceptors (Lipinski definition) is 4. The van der Waals surface area contributed by atoms with Crippen LogP contribution in [-0.2, 0) is 6.61 Å². The first-order valence-corrected chi connectivity index (χ1v) is 5.68. The van der Waals surface area contributed by atoms with Gasteiger partial charge in [0.05, 0.1) is 11.5 Å². The number of aliphatic hydroxyl groups is 1. The van der Waals surface area contributed by atoms with Gasteiger partial charge in [0, 0.05) is 6.07 Å². The fourth-order valence-corrected chi connectivity index (χ4v) is 2.08. The second-order valence-electron chi connectivity index (χ2n) is 3.03. The van der Waals surface area contributed by atoms with E-state index >= 15 is 0 Å². The van der Waals surface area contributed by atoms with Crippen molar-refractivity contribution in [1.29, 1.82) is 0 Å². The van der Waals surface area contributed by atoms with Crippen molar-refractivity contribution in [2.24, 2.45) is 0 Å². The highest BCUT2D eigenvalue weighted by Crippen LogP contribution is 2.33. The number of benzene rings is 1. The Morgan fingerprint density at radius 3 is 2.82 bits per heavy atom. The minimum atomic E-state index is -0.705. The number of rotatable bonds is 3. The van der Waals surface area contributed by atoms with Gasteiger partial charge in [-0.1, -0.05) is 22.9 Å². The van der Waals surface area contributed by atoms with E-state index in [0.717, 1.165) is 29.5 Å². The van der Waals surface area contributed by atoms with Gasteiger partial charge >= 0.3 is 0 Å². The minimum Gasteiger partial charge on any atom is -0.428 e. The fourth-order valence-electron chi connectivity index (χ4n) is 1.10. The lowest BCUT2D eigenvalue weighted by atomic mass is 10.3. The molecule has 0 saturated heterocycles. The second kappa shape index (κ2) is 4.95. The maximum Gasteiger partial charge on any atom is 0.280 e. The van der Waals surface area contributed by atoms with Gasteiger partial charge in [-0.05, 0) is 12.1 Å². The van der Waals surface area contributed by atoms with Crippen molar-refractivity contribution < 1.29 is 18.6 Å². The molecule has 0 aliphatic heterocycles. The van der Waals surface area contributed by atoms with Crippen LogP contribution >= 0.6 is 22.9 Å². The van der Waals surface area contributed by atoms with E-state index in [1.807, 2.05) is 0 Å². The molecule has 90 valence electrons. The average molecular weight is 278 g/mol. The minimum absolute atomic E-state index is 0.0450. The van der Waals surface area contributed by atoms with Crippen LogP contribution in [0.25, 0.3) is 0 Å². The molecule has 0 spiro atoms. The Hall–Kier alpha value is -1.24. The van der Waals surface area contributed by atoms with E-state index in [-0.39, 0.29) is 22.7 Å². The molecule has 0 aliphatic rings. The third-order valence-corrected chi connectivity index (χ3v) is 3.21. The quantitative estimate of drug-likeness (QED) is 0.935. The van der Waals surface area contributed by atoms with Crippen molar-refractivity contribution in [2.75, 3.05) is 0 Å². The molecule has 1 aromatic carbocycles. The molecule has 3 nitrogen and oxygen atoms in total. The molecule has 0 fully saturated rings. The smallest absolute Gasteiger partial charge is 0.280 e. The maximum absolute atomic E-state index is 13.2. The third kappa shape index (κ3) is 2.71. The Balaban J connectivity index is 2.27. The Kier molecular flexibility index (Phi) is 3.56. The molecule has 2 aromatic rings. The summed E-state index contributed by atoms with van der Waals surface area (Å²) in [4.78, 5) is 4.16. The van der Waals surface area contributed by atoms with Crippen molar-refractivity contribution in [3.8, 4) is 10.9 Å². The van der Waals surface area contributed by atoms with Gasteiger partial charge in [0.15, 0.2) is 11.6 Å². The van der Waals surface area contributed by atoms with Crippen molar-refractivity contribution in [2.45, 2.75) is 6.61 Å². The summed E-state index contributed by atoms with van der Waals surface area (Å²) in [7, 11) is 0. The van der Waals surface area contributed by atoms with Gasteiger partial charge in [0.1, 0.15) is 11.0 Å². The molecule has 2 rings (SSSR count). The number of thiazole rings is 1. The Labute approximate surface area is 104 Å². The Morgan fingerprint density at radius 1 is 1.41 bits per heavy atom. The van der Waals surface area contributed by atoms with Gasteiger partial charge in [-0.2, -0.15) is 4.98 Å². The summed E-state index contributed by atoms with van der Waals surface area (Å²) in [5.41, 5.74) is 0. The van der Waals surface area contributed by atoms with E-state index in [2.05, 4.69) is 4.98 Å². The molecule has 17 heavy (non-hydrogen) atoms. The Bertz CT molecular complexity index is 547. The predicted octanol–water partition coefficient (Wildman–Crippen LogP) is 3.36. The van der Waals surface area contributed by atoms with E-state index in [9.17, 15) is 8.78 Å². The second-order valence-corrected chi connectivity index (χ2v) is 4.43. The molecular formula is C10H6ClF2NO2S. The molecule has 0 aliphatic carbocycles. The molecule has 0 bridgehead atoms. The third-order valence-electron chi connectivity index (χ3n) is 1.86. The molecule has 0 atom stereocenters. The van der Waals surface area contributed by atoms with Crippen molar-refractivity contribution in [3.05, 3.63) is 39.9 Å². The number of aromatic nitrogens is 1. The summed E-state index contributed by atoms with van der Waals surface area (Å²) >= 11 is 6.64. The molecular weight excluding hydrogens is 272 g/mol.